The fourth-order valence-electron chi connectivity index (χ4n) is 5.25. The second kappa shape index (κ2) is 5.58. The van der Waals surface area contributed by atoms with E-state index < -0.39 is 11.8 Å². The summed E-state index contributed by atoms with van der Waals surface area (Å²) < 4.78 is 2.22. The first-order valence-corrected chi connectivity index (χ1v) is 9.71. The highest BCUT2D eigenvalue weighted by Gasteiger charge is 2.48. The number of hydrogen-bond acceptors (Lipinski definition) is 2. The van der Waals surface area contributed by atoms with E-state index >= 15 is 0 Å². The lowest BCUT2D eigenvalue weighted by molar-refractivity contribution is -0.126. The molecule has 6 rings (SSSR count). The molecule has 5 heteroatoms. The monoisotopic (exact) mass is 369 g/mol. The number of carbonyl (C=O) groups is 2. The fraction of sp³-hybridized carbons (Fsp3) is 0.217. The third-order valence-electron chi connectivity index (χ3n) is 6.45. The van der Waals surface area contributed by atoms with Gasteiger partial charge >= 0.3 is 0 Å². The number of imide groups is 1. The number of hydrogen-bond donors (Lipinski definition) is 2. The number of nitrogens with one attached hydrogen (secondary N) is 2. The smallest absolute Gasteiger partial charge is 0.235 e. The molecular formula is C23H19N3O2. The summed E-state index contributed by atoms with van der Waals surface area (Å²) in [5, 5.41) is 4.81. The Labute approximate surface area is 161 Å². The molecule has 2 aromatic carbocycles. The van der Waals surface area contributed by atoms with E-state index in [1.807, 2.05) is 30.5 Å². The summed E-state index contributed by atoms with van der Waals surface area (Å²) in [6, 6.07) is 16.4. The van der Waals surface area contributed by atoms with Crippen LogP contribution in [0.3, 0.4) is 0 Å². The van der Waals surface area contributed by atoms with E-state index in [4.69, 9.17) is 0 Å². The van der Waals surface area contributed by atoms with Gasteiger partial charge in [-0.05, 0) is 41.5 Å². The van der Waals surface area contributed by atoms with Crippen LogP contribution < -0.4 is 5.32 Å². The second-order valence-electron chi connectivity index (χ2n) is 7.83. The van der Waals surface area contributed by atoms with Gasteiger partial charge in [0.1, 0.15) is 0 Å². The molecule has 3 atom stereocenters. The molecule has 138 valence electrons. The van der Waals surface area contributed by atoms with E-state index in [9.17, 15) is 9.59 Å². The summed E-state index contributed by atoms with van der Waals surface area (Å²) in [6.45, 7) is 0. The zero-order valence-corrected chi connectivity index (χ0v) is 15.2. The molecule has 5 nitrogen and oxygen atoms in total. The predicted molar refractivity (Wildman–Crippen MR) is 107 cm³/mol. The van der Waals surface area contributed by atoms with Gasteiger partial charge < -0.3 is 9.55 Å². The molecule has 28 heavy (non-hydrogen) atoms. The van der Waals surface area contributed by atoms with Gasteiger partial charge in [-0.1, -0.05) is 36.4 Å². The number of amides is 2. The summed E-state index contributed by atoms with van der Waals surface area (Å²) in [5.74, 6) is -1.24. The number of nitrogens with zero attached hydrogens (tertiary/aromatic N) is 1. The van der Waals surface area contributed by atoms with Crippen molar-refractivity contribution in [3.8, 4) is 0 Å². The summed E-state index contributed by atoms with van der Waals surface area (Å²) >= 11 is 0. The average molecular weight is 369 g/mol. The third kappa shape index (κ3) is 2.01. The maximum absolute atomic E-state index is 12.9. The highest BCUT2D eigenvalue weighted by molar-refractivity contribution is 6.09. The highest BCUT2D eigenvalue weighted by Crippen LogP contribution is 2.45. The first-order chi connectivity index (χ1) is 13.7. The van der Waals surface area contributed by atoms with Gasteiger partial charge in [-0.25, -0.2) is 0 Å². The van der Waals surface area contributed by atoms with E-state index in [1.165, 1.54) is 16.5 Å². The van der Waals surface area contributed by atoms with Gasteiger partial charge in [-0.15, -0.1) is 0 Å². The minimum Gasteiger partial charge on any atom is -0.361 e. The summed E-state index contributed by atoms with van der Waals surface area (Å²) in [5.41, 5.74) is 4.41. The normalized spacial score (nSPS) is 24.2. The van der Waals surface area contributed by atoms with Crippen LogP contribution in [-0.2, 0) is 16.0 Å². The Morgan fingerprint density at radius 2 is 1.86 bits per heavy atom. The first kappa shape index (κ1) is 15.7. The lowest BCUT2D eigenvalue weighted by Crippen LogP contribution is -2.31. The number of carbonyl (C=O) groups excluding carboxylic acids is 2. The van der Waals surface area contributed by atoms with Crippen LogP contribution in [0, 0.1) is 5.92 Å². The van der Waals surface area contributed by atoms with Crippen LogP contribution in [0.2, 0.25) is 0 Å². The molecule has 0 aliphatic carbocycles. The van der Waals surface area contributed by atoms with E-state index in [1.54, 1.807) is 0 Å². The van der Waals surface area contributed by atoms with Crippen molar-refractivity contribution < 1.29 is 9.59 Å². The number of H-pyrrole nitrogens is 1. The Morgan fingerprint density at radius 3 is 2.79 bits per heavy atom. The number of para-hydroxylation sites is 2. The van der Waals surface area contributed by atoms with Gasteiger partial charge in [0, 0.05) is 29.3 Å². The standard InChI is InChI=1S/C23H19N3O2/c27-22-19(16-12-24-17-7-2-1-6-15(16)17)20(23(28)25-22)18-9-8-13-4-3-5-14-10-11-26(18)21(13)14/h1-7,10-12,18-20,24H,8-9H2,(H,25,27,28)/t18?,19-,20+/m0/s1. The van der Waals surface area contributed by atoms with Crippen LogP contribution in [0.15, 0.2) is 60.9 Å². The molecule has 2 aliphatic rings. The van der Waals surface area contributed by atoms with Crippen molar-refractivity contribution in [3.63, 3.8) is 0 Å². The van der Waals surface area contributed by atoms with Crippen molar-refractivity contribution in [2.45, 2.75) is 24.8 Å². The molecule has 4 heterocycles. The van der Waals surface area contributed by atoms with Crippen LogP contribution in [0.25, 0.3) is 21.8 Å². The lowest BCUT2D eigenvalue weighted by atomic mass is 9.79. The van der Waals surface area contributed by atoms with Crippen molar-refractivity contribution in [1.82, 2.24) is 14.9 Å². The van der Waals surface area contributed by atoms with Crippen LogP contribution in [0.1, 0.15) is 29.5 Å². The number of benzene rings is 2. The minimum absolute atomic E-state index is 0.0301. The van der Waals surface area contributed by atoms with Gasteiger partial charge in [-0.3, -0.25) is 14.9 Å². The molecular weight excluding hydrogens is 350 g/mol. The molecule has 2 amide bonds. The first-order valence-electron chi connectivity index (χ1n) is 9.71. The second-order valence-corrected chi connectivity index (χ2v) is 7.83. The van der Waals surface area contributed by atoms with E-state index in [0.29, 0.717) is 0 Å². The van der Waals surface area contributed by atoms with Crippen molar-refractivity contribution >= 4 is 33.6 Å². The van der Waals surface area contributed by atoms with Crippen molar-refractivity contribution in [2.24, 2.45) is 5.92 Å². The number of aromatic amines is 1. The van der Waals surface area contributed by atoms with Gasteiger partial charge in [-0.2, -0.15) is 0 Å². The highest BCUT2D eigenvalue weighted by atomic mass is 16.2. The van der Waals surface area contributed by atoms with Gasteiger partial charge in [0.2, 0.25) is 11.8 Å². The molecule has 0 radical (unpaired) electrons. The quantitative estimate of drug-likeness (QED) is 0.530. The molecule has 2 N–H and O–H groups in total. The van der Waals surface area contributed by atoms with Gasteiger partial charge in [0.25, 0.3) is 0 Å². The average Bonchev–Trinajstić information content (AvgIpc) is 3.39. The van der Waals surface area contributed by atoms with Crippen LogP contribution in [0.4, 0.5) is 0 Å². The zero-order valence-electron chi connectivity index (χ0n) is 15.2. The van der Waals surface area contributed by atoms with E-state index in [0.717, 1.165) is 29.3 Å². The Balaban J connectivity index is 1.52. The van der Waals surface area contributed by atoms with E-state index in [2.05, 4.69) is 45.3 Å². The van der Waals surface area contributed by atoms with Crippen molar-refractivity contribution in [3.05, 3.63) is 72.1 Å². The number of aryl methyl sites for hydroxylation is 1. The number of rotatable bonds is 2. The molecule has 1 saturated heterocycles. The summed E-state index contributed by atoms with van der Waals surface area (Å²) in [6.07, 6.45) is 5.73. The molecule has 2 aliphatic heterocycles. The SMILES string of the molecule is O=C1NC(=O)[C@@H](c2c[nH]c3ccccc23)[C@H]1C1CCc2cccc3ccn1c23. The maximum Gasteiger partial charge on any atom is 0.235 e. The maximum atomic E-state index is 12.9. The predicted octanol–water partition coefficient (Wildman–Crippen LogP) is 3.67. The molecule has 0 bridgehead atoms. The number of fused-ring (bicyclic) bond motifs is 1. The Kier molecular flexibility index (Phi) is 3.13. The lowest BCUT2D eigenvalue weighted by Gasteiger charge is -2.31. The minimum atomic E-state index is -0.476. The molecule has 4 aromatic rings. The molecule has 1 fully saturated rings. The van der Waals surface area contributed by atoms with E-state index in [-0.39, 0.29) is 17.9 Å². The molecule has 0 saturated carbocycles. The molecule has 1 unspecified atom stereocenters. The summed E-state index contributed by atoms with van der Waals surface area (Å²) in [4.78, 5) is 29.0. The zero-order chi connectivity index (χ0) is 18.8. The third-order valence-corrected chi connectivity index (χ3v) is 6.45. The Morgan fingerprint density at radius 1 is 0.964 bits per heavy atom. The number of aromatic nitrogens is 2. The fourth-order valence-corrected chi connectivity index (χ4v) is 5.25. The molecule has 2 aromatic heterocycles. The van der Waals surface area contributed by atoms with Gasteiger partial charge in [0.15, 0.2) is 0 Å². The van der Waals surface area contributed by atoms with Crippen LogP contribution in [0.5, 0.6) is 0 Å². The largest absolute Gasteiger partial charge is 0.361 e. The Bertz CT molecular complexity index is 1270. The summed E-state index contributed by atoms with van der Waals surface area (Å²) in [7, 11) is 0. The molecule has 0 spiro atoms. The topological polar surface area (TPSA) is 66.9 Å². The van der Waals surface area contributed by atoms with Crippen LogP contribution >= 0.6 is 0 Å². The van der Waals surface area contributed by atoms with Gasteiger partial charge in [0.05, 0.1) is 17.4 Å². The van der Waals surface area contributed by atoms with Crippen molar-refractivity contribution in [1.29, 1.82) is 0 Å². The Hall–Kier alpha value is -3.34. The van der Waals surface area contributed by atoms with Crippen LogP contribution in [-0.4, -0.2) is 21.4 Å². The van der Waals surface area contributed by atoms with Crippen molar-refractivity contribution in [2.75, 3.05) is 0 Å².